The second kappa shape index (κ2) is 9.67. The summed E-state index contributed by atoms with van der Waals surface area (Å²) in [6.07, 6.45) is 0.690. The van der Waals surface area contributed by atoms with Crippen LogP contribution in [0.3, 0.4) is 0 Å². The van der Waals surface area contributed by atoms with Crippen LogP contribution in [0.15, 0.2) is 91.0 Å². The van der Waals surface area contributed by atoms with Crippen molar-refractivity contribution in [2.45, 2.75) is 13.3 Å². The molecule has 3 aromatic carbocycles. The first-order chi connectivity index (χ1) is 16.0. The third-order valence-corrected chi connectivity index (χ3v) is 13.7. The number of carbonyl (C=O) groups excluding carboxylic acids is 2. The molecule has 33 heavy (non-hydrogen) atoms. The van der Waals surface area contributed by atoms with Crippen molar-refractivity contribution in [2.75, 3.05) is 32.3 Å². The molecule has 0 radical (unpaired) electrons. The molecule has 0 N–H and O–H groups in total. The molecule has 4 nitrogen and oxygen atoms in total. The summed E-state index contributed by atoms with van der Waals surface area (Å²) in [5.41, 5.74) is 0. The van der Waals surface area contributed by atoms with E-state index in [1.54, 1.807) is 0 Å². The minimum atomic E-state index is -3.64. The number of hydrogen-bond acceptors (Lipinski definition) is 2. The zero-order chi connectivity index (χ0) is 23.3. The minimum absolute atomic E-state index is 0.0304. The third kappa shape index (κ3) is 4.30. The van der Waals surface area contributed by atoms with E-state index in [0.717, 1.165) is 15.9 Å². The van der Waals surface area contributed by atoms with Gasteiger partial charge in [-0.2, -0.15) is 0 Å². The van der Waals surface area contributed by atoms with Gasteiger partial charge in [-0.05, 0) is 0 Å². The average Bonchev–Trinajstić information content (AvgIpc) is 2.90. The monoisotopic (exact) mass is 480 g/mol. The Morgan fingerprint density at radius 3 is 1.33 bits per heavy atom. The van der Waals surface area contributed by atoms with Crippen LogP contribution in [-0.2, 0) is 9.59 Å². The molecule has 1 aliphatic heterocycles. The molecular weight excluding hydrogens is 451 g/mol. The Morgan fingerprint density at radius 2 is 1.00 bits per heavy atom. The molecule has 4 rings (SSSR count). The van der Waals surface area contributed by atoms with Crippen LogP contribution < -0.4 is 15.9 Å². The van der Waals surface area contributed by atoms with E-state index >= 15 is 0 Å². The molecule has 1 saturated heterocycles. The van der Waals surface area contributed by atoms with Crippen molar-refractivity contribution < 1.29 is 9.59 Å². The summed E-state index contributed by atoms with van der Waals surface area (Å²) >= 11 is 8.01. The van der Waals surface area contributed by atoms with Crippen LogP contribution in [0.5, 0.6) is 0 Å². The molecule has 0 saturated carbocycles. The molecule has 1 heterocycles. The van der Waals surface area contributed by atoms with E-state index in [2.05, 4.69) is 36.4 Å². The molecule has 1 fully saturated rings. The van der Waals surface area contributed by atoms with Crippen LogP contribution in [0.4, 0.5) is 0 Å². The van der Waals surface area contributed by atoms with Crippen LogP contribution in [0.1, 0.15) is 13.3 Å². The number of piperazine rings is 1. The van der Waals surface area contributed by atoms with Gasteiger partial charge < -0.3 is 0 Å². The summed E-state index contributed by atoms with van der Waals surface area (Å²) in [5, 5.41) is 2.95. The normalized spacial score (nSPS) is 15.5. The number of carbonyl (C=O) groups is 2. The first kappa shape index (κ1) is 23.5. The number of nitrogens with zero attached hydrogens (tertiary/aromatic N) is 2. The Morgan fingerprint density at radius 1 is 0.667 bits per heavy atom. The van der Waals surface area contributed by atoms with E-state index in [0.29, 0.717) is 32.6 Å². The predicted octanol–water partition coefficient (Wildman–Crippen LogP) is 3.75. The van der Waals surface area contributed by atoms with Gasteiger partial charge >= 0.3 is 201 Å². The second-order valence-corrected chi connectivity index (χ2v) is 14.9. The fourth-order valence-corrected chi connectivity index (χ4v) is 10.6. The summed E-state index contributed by atoms with van der Waals surface area (Å²) < 4.78 is 0. The van der Waals surface area contributed by atoms with Crippen molar-refractivity contribution >= 4 is 44.9 Å². The Labute approximate surface area is 200 Å². The van der Waals surface area contributed by atoms with Gasteiger partial charge in [-0.3, -0.25) is 0 Å². The number of halogens is 1. The first-order valence-corrected chi connectivity index (χ1v) is 14.7. The molecule has 0 bridgehead atoms. The van der Waals surface area contributed by atoms with Crippen molar-refractivity contribution in [3.8, 4) is 0 Å². The molecule has 2 amide bonds. The summed E-state index contributed by atoms with van der Waals surface area (Å²) in [6.45, 7) is 4.08. The maximum atomic E-state index is 13.9. The molecule has 3 aromatic rings. The topological polar surface area (TPSA) is 40.6 Å². The summed E-state index contributed by atoms with van der Waals surface area (Å²) in [6, 6.07) is 30.2. The van der Waals surface area contributed by atoms with Gasteiger partial charge in [0.05, 0.1) is 0 Å². The van der Waals surface area contributed by atoms with Crippen LogP contribution in [0.25, 0.3) is 0 Å². The van der Waals surface area contributed by atoms with Gasteiger partial charge in [0, 0.05) is 0 Å². The zero-order valence-corrected chi connectivity index (χ0v) is 20.6. The molecule has 172 valence electrons. The molecule has 0 unspecified atom stereocenters. The Bertz CT molecular complexity index is 1000. The van der Waals surface area contributed by atoms with Crippen molar-refractivity contribution in [2.24, 2.45) is 0 Å². The van der Waals surface area contributed by atoms with Gasteiger partial charge in [-0.25, -0.2) is 0 Å². The van der Waals surface area contributed by atoms with Crippen molar-refractivity contribution in [3.05, 3.63) is 91.0 Å². The van der Waals surface area contributed by atoms with E-state index in [1.165, 1.54) is 0 Å². The summed E-state index contributed by atoms with van der Waals surface area (Å²) in [7, 11) is 0. The van der Waals surface area contributed by atoms with Gasteiger partial charge in [-0.1, -0.05) is 0 Å². The Hall–Kier alpha value is -2.68. The third-order valence-electron chi connectivity index (χ3n) is 6.60. The van der Waals surface area contributed by atoms with E-state index in [1.807, 2.05) is 71.3 Å². The number of amides is 2. The number of benzene rings is 3. The molecule has 0 spiro atoms. The van der Waals surface area contributed by atoms with Gasteiger partial charge in [0.2, 0.25) is 0 Å². The van der Waals surface area contributed by atoms with E-state index in [-0.39, 0.29) is 18.0 Å². The van der Waals surface area contributed by atoms with Gasteiger partial charge in [0.15, 0.2) is 0 Å². The standard InChI is InChI=1S/C27H30ClN2O2P/c1-2-26(31)29-18-20-30(21-19-29)27(32)22-33(28,23-12-6-3-7-13-23,24-14-8-4-9-15-24)25-16-10-5-11-17-25/h3-17H,2,18-22H2,1H3. The van der Waals surface area contributed by atoms with Gasteiger partial charge in [-0.15, -0.1) is 0 Å². The van der Waals surface area contributed by atoms with Gasteiger partial charge in [0.1, 0.15) is 0 Å². The molecular formula is C27H30ClN2O2P. The van der Waals surface area contributed by atoms with Crippen LogP contribution >= 0.6 is 17.2 Å². The molecule has 0 aromatic heterocycles. The summed E-state index contributed by atoms with van der Waals surface area (Å²) in [4.78, 5) is 29.7. The van der Waals surface area contributed by atoms with Crippen LogP contribution in [0, 0.1) is 0 Å². The van der Waals surface area contributed by atoms with Crippen molar-refractivity contribution in [1.82, 2.24) is 9.80 Å². The first-order valence-electron chi connectivity index (χ1n) is 11.4. The maximum absolute atomic E-state index is 13.9. The molecule has 6 heteroatoms. The number of hydrogen-bond donors (Lipinski definition) is 0. The van der Waals surface area contributed by atoms with Crippen LogP contribution in [-0.4, -0.2) is 54.0 Å². The Kier molecular flexibility index (Phi) is 6.88. The predicted molar refractivity (Wildman–Crippen MR) is 139 cm³/mol. The summed E-state index contributed by atoms with van der Waals surface area (Å²) in [5.74, 6) is -3.47. The number of rotatable bonds is 6. The fraction of sp³-hybridized carbons (Fsp3) is 0.259. The Balaban J connectivity index is 1.79. The fourth-order valence-electron chi connectivity index (χ4n) is 4.72. The average molecular weight is 481 g/mol. The molecule has 0 aliphatic carbocycles. The molecule has 1 aliphatic rings. The van der Waals surface area contributed by atoms with Gasteiger partial charge in [0.25, 0.3) is 0 Å². The van der Waals surface area contributed by atoms with Crippen molar-refractivity contribution in [3.63, 3.8) is 0 Å². The second-order valence-electron chi connectivity index (χ2n) is 8.46. The molecule has 0 atom stereocenters. The zero-order valence-electron chi connectivity index (χ0n) is 18.9. The quantitative estimate of drug-likeness (QED) is 0.504. The van der Waals surface area contributed by atoms with Crippen molar-refractivity contribution in [1.29, 1.82) is 0 Å². The van der Waals surface area contributed by atoms with E-state index < -0.39 is 5.96 Å². The van der Waals surface area contributed by atoms with E-state index in [4.69, 9.17) is 11.2 Å². The SMILES string of the molecule is CCC(=O)N1CCN(C(=O)CP(Cl)(c2ccccc2)(c2ccccc2)c2ccccc2)CC1. The van der Waals surface area contributed by atoms with E-state index in [9.17, 15) is 9.59 Å². The van der Waals surface area contributed by atoms with Crippen LogP contribution in [0.2, 0.25) is 0 Å².